The maximum absolute atomic E-state index is 13.6. The van der Waals surface area contributed by atoms with Crippen molar-refractivity contribution >= 4 is 34.7 Å². The lowest BCUT2D eigenvalue weighted by atomic mass is 10.1. The van der Waals surface area contributed by atoms with E-state index in [2.05, 4.69) is 33.4 Å². The number of aryl methyl sites for hydroxylation is 1. The summed E-state index contributed by atoms with van der Waals surface area (Å²) in [6, 6.07) is 21.2. The Morgan fingerprint density at radius 2 is 1.44 bits per heavy atom. The van der Waals surface area contributed by atoms with Gasteiger partial charge in [0.2, 0.25) is 0 Å². The Labute approximate surface area is 230 Å². The number of para-hydroxylation sites is 2. The van der Waals surface area contributed by atoms with E-state index in [4.69, 9.17) is 4.74 Å². The van der Waals surface area contributed by atoms with Crippen molar-refractivity contribution in [3.63, 3.8) is 0 Å². The molecule has 0 atom stereocenters. The summed E-state index contributed by atoms with van der Waals surface area (Å²) in [6.45, 7) is 6.81. The van der Waals surface area contributed by atoms with Gasteiger partial charge in [0.15, 0.2) is 0 Å². The van der Waals surface area contributed by atoms with Crippen molar-refractivity contribution in [1.29, 1.82) is 0 Å². The largest absolute Gasteiger partial charge is 0.495 e. The topological polar surface area (TPSA) is 77.1 Å². The maximum atomic E-state index is 13.6. The third kappa shape index (κ3) is 6.11. The first kappa shape index (κ1) is 26.4. The highest BCUT2D eigenvalue weighted by Gasteiger charge is 2.27. The normalized spacial score (nSPS) is 15.3. The van der Waals surface area contributed by atoms with E-state index in [0.717, 1.165) is 86.9 Å². The molecule has 0 saturated carbocycles. The van der Waals surface area contributed by atoms with Gasteiger partial charge in [-0.05, 0) is 67.3 Å². The van der Waals surface area contributed by atoms with Gasteiger partial charge in [0.1, 0.15) is 5.75 Å². The summed E-state index contributed by atoms with van der Waals surface area (Å²) in [6.07, 6.45) is 2.94. The van der Waals surface area contributed by atoms with Crippen LogP contribution in [-0.2, 0) is 6.42 Å². The molecule has 5 rings (SSSR count). The Morgan fingerprint density at radius 3 is 2.13 bits per heavy atom. The molecule has 8 heteroatoms. The molecule has 8 nitrogen and oxygen atoms in total. The number of rotatable bonds is 7. The van der Waals surface area contributed by atoms with Gasteiger partial charge in [0.25, 0.3) is 5.91 Å². The summed E-state index contributed by atoms with van der Waals surface area (Å²) in [7, 11) is 1.70. The van der Waals surface area contributed by atoms with Gasteiger partial charge in [0, 0.05) is 56.3 Å². The zero-order valence-electron chi connectivity index (χ0n) is 22.8. The average Bonchev–Trinajstić information content (AvgIpc) is 3.52. The van der Waals surface area contributed by atoms with Crippen LogP contribution in [0.25, 0.3) is 0 Å². The molecule has 0 unspecified atom stereocenters. The molecule has 0 spiro atoms. The number of hydrogen-bond donors (Lipinski definition) is 2. The van der Waals surface area contributed by atoms with Crippen LogP contribution >= 0.6 is 0 Å². The number of methoxy groups -OCH3 is 1. The highest BCUT2D eigenvalue weighted by molar-refractivity contribution is 6.04. The first-order valence-corrected chi connectivity index (χ1v) is 13.8. The molecule has 2 aliphatic rings. The fourth-order valence-corrected chi connectivity index (χ4v) is 5.39. The number of carbonyl (C=O) groups excluding carboxylic acids is 2. The number of nitrogens with one attached hydrogen (secondary N) is 2. The molecule has 2 fully saturated rings. The van der Waals surface area contributed by atoms with Crippen LogP contribution < -0.4 is 25.2 Å². The Bertz CT molecular complexity index is 1310. The Hall–Kier alpha value is -4.20. The van der Waals surface area contributed by atoms with Crippen LogP contribution in [0.2, 0.25) is 0 Å². The van der Waals surface area contributed by atoms with E-state index in [1.54, 1.807) is 7.11 Å². The van der Waals surface area contributed by atoms with Crippen LogP contribution in [0.5, 0.6) is 5.75 Å². The second kappa shape index (κ2) is 12.1. The van der Waals surface area contributed by atoms with Crippen molar-refractivity contribution < 1.29 is 14.3 Å². The standard InChI is InChI=1S/C31H37N5O3/c1-3-23-9-8-10-24(21-23)32-31(38)33-25-13-14-27(26(22-25)30(37)36-15-6-7-16-36)34-17-19-35(20-18-34)28-11-4-5-12-29(28)39-2/h4-5,8-14,21-22H,3,6-7,15-20H2,1-2H3,(H2,32,33,38). The lowest BCUT2D eigenvalue weighted by molar-refractivity contribution is 0.0793. The van der Waals surface area contributed by atoms with Crippen molar-refractivity contribution in [3.8, 4) is 5.75 Å². The van der Waals surface area contributed by atoms with Gasteiger partial charge in [-0.25, -0.2) is 4.79 Å². The summed E-state index contributed by atoms with van der Waals surface area (Å²) >= 11 is 0. The summed E-state index contributed by atoms with van der Waals surface area (Å²) in [5.41, 5.74) is 5.12. The van der Waals surface area contributed by atoms with Crippen LogP contribution in [-0.4, -0.2) is 63.2 Å². The van der Waals surface area contributed by atoms with Gasteiger partial charge in [0.05, 0.1) is 18.4 Å². The maximum Gasteiger partial charge on any atom is 0.323 e. The molecule has 2 N–H and O–H groups in total. The van der Waals surface area contributed by atoms with Crippen LogP contribution in [0.1, 0.15) is 35.7 Å². The molecule has 0 bridgehead atoms. The van der Waals surface area contributed by atoms with E-state index in [1.807, 2.05) is 65.6 Å². The average molecular weight is 528 g/mol. The number of hydrogen-bond acceptors (Lipinski definition) is 5. The number of ether oxygens (including phenoxy) is 1. The van der Waals surface area contributed by atoms with Gasteiger partial charge in [-0.2, -0.15) is 0 Å². The Kier molecular flexibility index (Phi) is 8.20. The van der Waals surface area contributed by atoms with E-state index in [-0.39, 0.29) is 11.9 Å². The Balaban J connectivity index is 1.33. The molecule has 3 aromatic carbocycles. The number of carbonyl (C=O) groups is 2. The monoisotopic (exact) mass is 527 g/mol. The SMILES string of the molecule is CCc1cccc(NC(=O)Nc2ccc(N3CCN(c4ccccc4OC)CC3)c(C(=O)N3CCCC3)c2)c1. The van der Waals surface area contributed by atoms with E-state index in [9.17, 15) is 9.59 Å². The quantitative estimate of drug-likeness (QED) is 0.427. The number of anilines is 4. The van der Waals surface area contributed by atoms with Crippen molar-refractivity contribution in [2.45, 2.75) is 26.2 Å². The fraction of sp³-hybridized carbons (Fsp3) is 0.355. The third-order valence-electron chi connectivity index (χ3n) is 7.52. The second-order valence-electron chi connectivity index (χ2n) is 10.0. The summed E-state index contributed by atoms with van der Waals surface area (Å²) < 4.78 is 5.57. The van der Waals surface area contributed by atoms with Crippen molar-refractivity contribution in [2.24, 2.45) is 0 Å². The van der Waals surface area contributed by atoms with Crippen LogP contribution in [0.15, 0.2) is 66.7 Å². The smallest absolute Gasteiger partial charge is 0.323 e. The van der Waals surface area contributed by atoms with Gasteiger partial charge in [-0.1, -0.05) is 31.2 Å². The number of nitrogens with zero attached hydrogens (tertiary/aromatic N) is 3. The van der Waals surface area contributed by atoms with Gasteiger partial charge < -0.3 is 30.1 Å². The van der Waals surface area contributed by atoms with Crippen LogP contribution in [0, 0.1) is 0 Å². The molecule has 2 aliphatic heterocycles. The molecule has 3 amide bonds. The minimum Gasteiger partial charge on any atom is -0.495 e. The van der Waals surface area contributed by atoms with Crippen LogP contribution in [0.3, 0.4) is 0 Å². The molecular weight excluding hydrogens is 490 g/mol. The highest BCUT2D eigenvalue weighted by atomic mass is 16.5. The van der Waals surface area contributed by atoms with Crippen molar-refractivity contribution in [1.82, 2.24) is 4.90 Å². The predicted molar refractivity (Wildman–Crippen MR) is 157 cm³/mol. The number of likely N-dealkylation sites (tertiary alicyclic amines) is 1. The first-order chi connectivity index (χ1) is 19.1. The Morgan fingerprint density at radius 1 is 0.769 bits per heavy atom. The van der Waals surface area contributed by atoms with Crippen molar-refractivity contribution in [2.75, 3.05) is 66.8 Å². The minimum absolute atomic E-state index is 0.0226. The fourth-order valence-electron chi connectivity index (χ4n) is 5.39. The molecule has 204 valence electrons. The molecule has 39 heavy (non-hydrogen) atoms. The van der Waals surface area contributed by atoms with Gasteiger partial charge >= 0.3 is 6.03 Å². The summed E-state index contributed by atoms with van der Waals surface area (Å²) in [4.78, 5) is 32.9. The number of piperazine rings is 1. The molecule has 0 radical (unpaired) electrons. The molecule has 0 aromatic heterocycles. The summed E-state index contributed by atoms with van der Waals surface area (Å²) in [5, 5.41) is 5.83. The van der Waals surface area contributed by atoms with E-state index < -0.39 is 0 Å². The molecule has 2 saturated heterocycles. The lowest BCUT2D eigenvalue weighted by Crippen LogP contribution is -2.47. The van der Waals surface area contributed by atoms with E-state index >= 15 is 0 Å². The van der Waals surface area contributed by atoms with E-state index in [0.29, 0.717) is 11.3 Å². The number of amides is 3. The number of benzene rings is 3. The van der Waals surface area contributed by atoms with Crippen molar-refractivity contribution in [3.05, 3.63) is 77.9 Å². The molecule has 2 heterocycles. The third-order valence-corrected chi connectivity index (χ3v) is 7.52. The van der Waals surface area contributed by atoms with E-state index in [1.165, 1.54) is 0 Å². The zero-order chi connectivity index (χ0) is 27.2. The molecular formula is C31H37N5O3. The van der Waals surface area contributed by atoms with Crippen LogP contribution in [0.4, 0.5) is 27.5 Å². The zero-order valence-corrected chi connectivity index (χ0v) is 22.8. The number of urea groups is 1. The van der Waals surface area contributed by atoms with Gasteiger partial charge in [-0.15, -0.1) is 0 Å². The minimum atomic E-state index is -0.332. The lowest BCUT2D eigenvalue weighted by Gasteiger charge is -2.38. The second-order valence-corrected chi connectivity index (χ2v) is 10.0. The summed E-state index contributed by atoms with van der Waals surface area (Å²) in [5.74, 6) is 0.889. The predicted octanol–water partition coefficient (Wildman–Crippen LogP) is 5.46. The highest BCUT2D eigenvalue weighted by Crippen LogP contribution is 2.32. The molecule has 3 aromatic rings. The van der Waals surface area contributed by atoms with Gasteiger partial charge in [-0.3, -0.25) is 4.79 Å². The first-order valence-electron chi connectivity index (χ1n) is 13.8. The molecule has 0 aliphatic carbocycles.